The molecule has 4 nitrogen and oxygen atoms in total. The Kier molecular flexibility index (Phi) is 3.84. The molecular formula is C13H21N3O. The molecule has 0 radical (unpaired) electrons. The minimum absolute atomic E-state index is 0.568. The van der Waals surface area contributed by atoms with Crippen LogP contribution >= 0.6 is 0 Å². The van der Waals surface area contributed by atoms with E-state index in [9.17, 15) is 5.11 Å². The van der Waals surface area contributed by atoms with Gasteiger partial charge in [-0.15, -0.1) is 0 Å². The van der Waals surface area contributed by atoms with E-state index in [1.54, 1.807) is 12.4 Å². The molecule has 17 heavy (non-hydrogen) atoms. The van der Waals surface area contributed by atoms with Crippen LogP contribution in [0.25, 0.3) is 0 Å². The number of rotatable bonds is 3. The van der Waals surface area contributed by atoms with Gasteiger partial charge in [0.15, 0.2) is 0 Å². The highest BCUT2D eigenvalue weighted by atomic mass is 16.3. The lowest BCUT2D eigenvalue weighted by molar-refractivity contribution is 0.0381. The fourth-order valence-electron chi connectivity index (χ4n) is 2.38. The maximum atomic E-state index is 10.5. The summed E-state index contributed by atoms with van der Waals surface area (Å²) in [5.74, 6) is 0. The standard InChI is InChI=1S/C13H21N3O/c14-11-7-12(9-15-8-11)16-10-13(17)5-3-1-2-4-6-13/h7-9,16-17H,1-6,10,14H2. The van der Waals surface area contributed by atoms with Crippen molar-refractivity contribution in [3.05, 3.63) is 18.5 Å². The van der Waals surface area contributed by atoms with Crippen molar-refractivity contribution in [2.75, 3.05) is 17.6 Å². The van der Waals surface area contributed by atoms with Crippen LogP contribution in [0.2, 0.25) is 0 Å². The van der Waals surface area contributed by atoms with Crippen LogP contribution in [0.15, 0.2) is 18.5 Å². The molecule has 0 aliphatic heterocycles. The van der Waals surface area contributed by atoms with E-state index < -0.39 is 5.60 Å². The summed E-state index contributed by atoms with van der Waals surface area (Å²) in [7, 11) is 0. The molecule has 0 amide bonds. The third-order valence-electron chi connectivity index (χ3n) is 3.42. The molecule has 4 N–H and O–H groups in total. The van der Waals surface area contributed by atoms with Gasteiger partial charge >= 0.3 is 0 Å². The van der Waals surface area contributed by atoms with Crippen LogP contribution in [0.5, 0.6) is 0 Å². The molecule has 0 saturated heterocycles. The van der Waals surface area contributed by atoms with Crippen LogP contribution in [-0.2, 0) is 0 Å². The maximum Gasteiger partial charge on any atom is 0.0819 e. The summed E-state index contributed by atoms with van der Waals surface area (Å²) in [6.45, 7) is 0.581. The van der Waals surface area contributed by atoms with Gasteiger partial charge in [-0.2, -0.15) is 0 Å². The van der Waals surface area contributed by atoms with Crippen molar-refractivity contribution in [2.45, 2.75) is 44.1 Å². The molecule has 1 aromatic heterocycles. The average Bonchev–Trinajstić information content (AvgIpc) is 2.53. The monoisotopic (exact) mass is 235 g/mol. The summed E-state index contributed by atoms with van der Waals surface area (Å²) in [5, 5.41) is 13.7. The third kappa shape index (κ3) is 3.60. The van der Waals surface area contributed by atoms with Gasteiger partial charge in [-0.05, 0) is 18.9 Å². The smallest absolute Gasteiger partial charge is 0.0819 e. The minimum Gasteiger partial charge on any atom is -0.397 e. The van der Waals surface area contributed by atoms with Crippen molar-refractivity contribution < 1.29 is 5.11 Å². The number of aromatic nitrogens is 1. The van der Waals surface area contributed by atoms with Crippen molar-refractivity contribution >= 4 is 11.4 Å². The zero-order valence-electron chi connectivity index (χ0n) is 10.2. The first kappa shape index (κ1) is 12.2. The van der Waals surface area contributed by atoms with E-state index >= 15 is 0 Å². The number of nitrogens with two attached hydrogens (primary N) is 1. The third-order valence-corrected chi connectivity index (χ3v) is 3.42. The van der Waals surface area contributed by atoms with E-state index in [0.717, 1.165) is 31.4 Å². The Morgan fingerprint density at radius 2 is 1.94 bits per heavy atom. The second-order valence-electron chi connectivity index (χ2n) is 5.00. The maximum absolute atomic E-state index is 10.5. The summed E-state index contributed by atoms with van der Waals surface area (Å²) >= 11 is 0. The SMILES string of the molecule is Nc1cncc(NCC2(O)CCCCCC2)c1. The first-order valence-electron chi connectivity index (χ1n) is 6.35. The Hall–Kier alpha value is -1.29. The molecule has 4 heteroatoms. The van der Waals surface area contributed by atoms with Gasteiger partial charge in [-0.3, -0.25) is 4.98 Å². The van der Waals surface area contributed by atoms with E-state index in [4.69, 9.17) is 5.73 Å². The summed E-state index contributed by atoms with van der Waals surface area (Å²) in [5.41, 5.74) is 6.61. The van der Waals surface area contributed by atoms with Gasteiger partial charge in [-0.25, -0.2) is 0 Å². The summed E-state index contributed by atoms with van der Waals surface area (Å²) < 4.78 is 0. The van der Waals surface area contributed by atoms with E-state index in [2.05, 4.69) is 10.3 Å². The van der Waals surface area contributed by atoms with Crippen LogP contribution < -0.4 is 11.1 Å². The van der Waals surface area contributed by atoms with Crippen LogP contribution in [0, 0.1) is 0 Å². The number of nitrogens with one attached hydrogen (secondary N) is 1. The lowest BCUT2D eigenvalue weighted by atomic mass is 9.94. The number of anilines is 2. The zero-order valence-corrected chi connectivity index (χ0v) is 10.2. The van der Waals surface area contributed by atoms with E-state index in [1.165, 1.54) is 12.8 Å². The predicted molar refractivity (Wildman–Crippen MR) is 69.8 cm³/mol. The van der Waals surface area contributed by atoms with Gasteiger partial charge in [0.1, 0.15) is 0 Å². The topological polar surface area (TPSA) is 71.2 Å². The number of pyridine rings is 1. The van der Waals surface area contributed by atoms with Gasteiger partial charge in [0.25, 0.3) is 0 Å². The first-order chi connectivity index (χ1) is 8.18. The largest absolute Gasteiger partial charge is 0.397 e. The number of hydrogen-bond acceptors (Lipinski definition) is 4. The van der Waals surface area contributed by atoms with Gasteiger partial charge in [0.2, 0.25) is 0 Å². The number of nitrogen functional groups attached to an aromatic ring is 1. The van der Waals surface area contributed by atoms with Crippen molar-refractivity contribution in [2.24, 2.45) is 0 Å². The Morgan fingerprint density at radius 3 is 2.59 bits per heavy atom. The fraction of sp³-hybridized carbons (Fsp3) is 0.615. The quantitative estimate of drug-likeness (QED) is 0.702. The molecule has 1 aromatic rings. The molecule has 1 saturated carbocycles. The average molecular weight is 235 g/mol. The molecule has 0 spiro atoms. The zero-order chi connectivity index (χ0) is 12.1. The molecule has 1 aliphatic carbocycles. The fourth-order valence-corrected chi connectivity index (χ4v) is 2.38. The predicted octanol–water partition coefficient (Wildman–Crippen LogP) is 2.16. The highest BCUT2D eigenvalue weighted by Crippen LogP contribution is 2.27. The van der Waals surface area contributed by atoms with Crippen LogP contribution in [-0.4, -0.2) is 22.2 Å². The normalized spacial score (nSPS) is 19.6. The molecule has 1 heterocycles. The molecule has 0 aromatic carbocycles. The van der Waals surface area contributed by atoms with Gasteiger partial charge in [0, 0.05) is 12.7 Å². The van der Waals surface area contributed by atoms with E-state index in [-0.39, 0.29) is 0 Å². The van der Waals surface area contributed by atoms with Crippen molar-refractivity contribution in [1.29, 1.82) is 0 Å². The van der Waals surface area contributed by atoms with Crippen molar-refractivity contribution in [3.8, 4) is 0 Å². The van der Waals surface area contributed by atoms with Gasteiger partial charge < -0.3 is 16.2 Å². The second-order valence-corrected chi connectivity index (χ2v) is 5.00. The van der Waals surface area contributed by atoms with Crippen LogP contribution in [0.1, 0.15) is 38.5 Å². The van der Waals surface area contributed by atoms with Crippen molar-refractivity contribution in [1.82, 2.24) is 4.98 Å². The van der Waals surface area contributed by atoms with E-state index in [1.807, 2.05) is 6.07 Å². The Morgan fingerprint density at radius 1 is 1.24 bits per heavy atom. The minimum atomic E-state index is -0.568. The molecule has 2 rings (SSSR count). The summed E-state index contributed by atoms with van der Waals surface area (Å²) in [6, 6.07) is 1.84. The Bertz CT molecular complexity index is 359. The molecule has 94 valence electrons. The Labute approximate surface area is 102 Å². The van der Waals surface area contributed by atoms with Gasteiger partial charge in [-0.1, -0.05) is 25.7 Å². The highest BCUT2D eigenvalue weighted by Gasteiger charge is 2.27. The van der Waals surface area contributed by atoms with Crippen LogP contribution in [0.3, 0.4) is 0 Å². The summed E-state index contributed by atoms with van der Waals surface area (Å²) in [6.07, 6.45) is 9.83. The highest BCUT2D eigenvalue weighted by molar-refractivity contribution is 5.51. The second kappa shape index (κ2) is 5.36. The molecule has 1 aliphatic rings. The molecule has 1 fully saturated rings. The lowest BCUT2D eigenvalue weighted by Gasteiger charge is -2.27. The number of hydrogen-bond donors (Lipinski definition) is 3. The Balaban J connectivity index is 1.92. The summed E-state index contributed by atoms with van der Waals surface area (Å²) in [4.78, 5) is 4.02. The first-order valence-corrected chi connectivity index (χ1v) is 6.35. The van der Waals surface area contributed by atoms with Gasteiger partial charge in [0.05, 0.1) is 23.2 Å². The van der Waals surface area contributed by atoms with Crippen LogP contribution in [0.4, 0.5) is 11.4 Å². The molecule has 0 atom stereocenters. The molecule has 0 bridgehead atoms. The number of nitrogens with zero attached hydrogens (tertiary/aromatic N) is 1. The molecule has 0 unspecified atom stereocenters. The number of aliphatic hydroxyl groups is 1. The van der Waals surface area contributed by atoms with Crippen molar-refractivity contribution in [3.63, 3.8) is 0 Å². The molecular weight excluding hydrogens is 214 g/mol. The lowest BCUT2D eigenvalue weighted by Crippen LogP contribution is -2.36. The van der Waals surface area contributed by atoms with E-state index in [0.29, 0.717) is 12.2 Å².